The summed E-state index contributed by atoms with van der Waals surface area (Å²) in [6, 6.07) is 0. The van der Waals surface area contributed by atoms with Crippen LogP contribution in [0.25, 0.3) is 0 Å². The third kappa shape index (κ3) is 29.0. The van der Waals surface area contributed by atoms with E-state index in [1.54, 1.807) is 0 Å². The Bertz CT molecular complexity index is 627. The molecule has 0 heterocycles. The van der Waals surface area contributed by atoms with Crippen LogP contribution in [0.4, 0.5) is 0 Å². The normalized spacial score (nSPS) is 15.0. The Kier molecular flexibility index (Phi) is 31.6. The quantitative estimate of drug-likeness (QED) is 0.0500. The summed E-state index contributed by atoms with van der Waals surface area (Å²) >= 11 is 0. The second-order valence-electron chi connectivity index (χ2n) is 14.8. The highest BCUT2D eigenvalue weighted by molar-refractivity contribution is 5.70. The van der Waals surface area contributed by atoms with E-state index >= 15 is 0 Å². The van der Waals surface area contributed by atoms with Crippen molar-refractivity contribution in [3.05, 3.63) is 0 Å². The molecule has 0 saturated heterocycles. The molecule has 6 nitrogen and oxygen atoms in total. The number of carboxylic acids is 2. The van der Waals surface area contributed by atoms with Gasteiger partial charge in [0.25, 0.3) is 0 Å². The first-order valence-corrected chi connectivity index (χ1v) is 20.0. The summed E-state index contributed by atoms with van der Waals surface area (Å²) in [5.74, 6) is -2.16. The number of rotatable bonds is 36. The van der Waals surface area contributed by atoms with E-state index in [4.69, 9.17) is 0 Å². The minimum Gasteiger partial charge on any atom is -0.481 e. The first-order chi connectivity index (χ1) is 22.2. The monoisotopic (exact) mass is 655 g/mol. The molecule has 0 spiro atoms. The second-order valence-corrected chi connectivity index (χ2v) is 14.8. The van der Waals surface area contributed by atoms with E-state index in [1.165, 1.54) is 64.2 Å². The SMILES string of the molecule is CCCCCCC(O)CCCCCCCCCC(CC(C)CC(CCCCCCCCCC(O)CCCCCC)C(=O)O)C(=O)O. The summed E-state index contributed by atoms with van der Waals surface area (Å²) in [4.78, 5) is 23.9. The van der Waals surface area contributed by atoms with E-state index in [0.717, 1.165) is 103 Å². The number of aliphatic carboxylic acids is 2. The maximum atomic E-state index is 11.9. The molecular weight excluding hydrogens is 576 g/mol. The average Bonchev–Trinajstić information content (AvgIpc) is 3.02. The van der Waals surface area contributed by atoms with Crippen molar-refractivity contribution in [1.29, 1.82) is 0 Å². The highest BCUT2D eigenvalue weighted by Gasteiger charge is 2.25. The molecule has 0 radical (unpaired) electrons. The van der Waals surface area contributed by atoms with E-state index in [1.807, 2.05) is 6.92 Å². The fourth-order valence-electron chi connectivity index (χ4n) is 6.96. The first kappa shape index (κ1) is 44.9. The van der Waals surface area contributed by atoms with E-state index in [2.05, 4.69) is 13.8 Å². The Morgan fingerprint density at radius 3 is 0.913 bits per heavy atom. The molecule has 0 rings (SSSR count). The van der Waals surface area contributed by atoms with Crippen LogP contribution in [0.2, 0.25) is 0 Å². The van der Waals surface area contributed by atoms with Gasteiger partial charge in [0.15, 0.2) is 0 Å². The molecule has 4 N–H and O–H groups in total. The minimum absolute atomic E-state index is 0.0891. The van der Waals surface area contributed by atoms with Crippen LogP contribution < -0.4 is 0 Å². The standard InChI is InChI=1S/C40H78O6/c1-4-6-8-22-28-37(41)30-24-18-14-10-12-16-20-26-35(39(43)44)32-34(3)33-36(40(45)46)27-21-17-13-11-15-19-25-31-38(42)29-23-9-7-5-2/h34-38,41-42H,4-33H2,1-3H3,(H,43,44)(H,45,46). The molecule has 0 aromatic heterocycles. The molecule has 0 aromatic rings. The van der Waals surface area contributed by atoms with Gasteiger partial charge in [-0.25, -0.2) is 0 Å². The predicted octanol–water partition coefficient (Wildman–Crippen LogP) is 11.5. The van der Waals surface area contributed by atoms with Gasteiger partial charge in [-0.05, 0) is 57.3 Å². The molecule has 0 aromatic carbocycles. The van der Waals surface area contributed by atoms with Crippen molar-refractivity contribution in [3.8, 4) is 0 Å². The smallest absolute Gasteiger partial charge is 0.306 e. The molecule has 6 heteroatoms. The van der Waals surface area contributed by atoms with Gasteiger partial charge in [-0.15, -0.1) is 0 Å². The molecule has 4 unspecified atom stereocenters. The Morgan fingerprint density at radius 2 is 0.652 bits per heavy atom. The van der Waals surface area contributed by atoms with Gasteiger partial charge < -0.3 is 20.4 Å². The lowest BCUT2D eigenvalue weighted by molar-refractivity contribution is -0.143. The zero-order valence-electron chi connectivity index (χ0n) is 30.7. The summed E-state index contributed by atoms with van der Waals surface area (Å²) in [6.07, 6.45) is 31.1. The van der Waals surface area contributed by atoms with Crippen molar-refractivity contribution < 1.29 is 30.0 Å². The molecule has 46 heavy (non-hydrogen) atoms. The minimum atomic E-state index is -0.742. The van der Waals surface area contributed by atoms with Crippen molar-refractivity contribution in [2.45, 2.75) is 226 Å². The first-order valence-electron chi connectivity index (χ1n) is 20.0. The fourth-order valence-corrected chi connectivity index (χ4v) is 6.96. The molecule has 0 amide bonds. The van der Waals surface area contributed by atoms with E-state index in [-0.39, 0.29) is 30.0 Å². The largest absolute Gasteiger partial charge is 0.481 e. The molecule has 0 aliphatic heterocycles. The summed E-state index contributed by atoms with van der Waals surface area (Å²) in [7, 11) is 0. The van der Waals surface area contributed by atoms with Gasteiger partial charge in [0, 0.05) is 0 Å². The predicted molar refractivity (Wildman–Crippen MR) is 193 cm³/mol. The van der Waals surface area contributed by atoms with E-state index in [0.29, 0.717) is 25.7 Å². The highest BCUT2D eigenvalue weighted by atomic mass is 16.4. The summed E-state index contributed by atoms with van der Waals surface area (Å²) in [6.45, 7) is 6.44. The maximum Gasteiger partial charge on any atom is 0.306 e. The van der Waals surface area contributed by atoms with Crippen LogP contribution in [-0.4, -0.2) is 44.6 Å². The van der Waals surface area contributed by atoms with Crippen molar-refractivity contribution >= 4 is 11.9 Å². The summed E-state index contributed by atoms with van der Waals surface area (Å²) in [5, 5.41) is 39.8. The third-order valence-corrected chi connectivity index (χ3v) is 10.0. The van der Waals surface area contributed by atoms with Crippen molar-refractivity contribution in [2.24, 2.45) is 17.8 Å². The summed E-state index contributed by atoms with van der Waals surface area (Å²) < 4.78 is 0. The summed E-state index contributed by atoms with van der Waals surface area (Å²) in [5.41, 5.74) is 0. The van der Waals surface area contributed by atoms with E-state index in [9.17, 15) is 30.0 Å². The molecule has 274 valence electrons. The van der Waals surface area contributed by atoms with Gasteiger partial charge in [-0.1, -0.05) is 162 Å². The average molecular weight is 655 g/mol. The Hall–Kier alpha value is -1.14. The molecule has 0 fully saturated rings. The van der Waals surface area contributed by atoms with Crippen molar-refractivity contribution in [2.75, 3.05) is 0 Å². The second kappa shape index (κ2) is 32.4. The van der Waals surface area contributed by atoms with Crippen LogP contribution in [0.5, 0.6) is 0 Å². The van der Waals surface area contributed by atoms with Crippen LogP contribution >= 0.6 is 0 Å². The van der Waals surface area contributed by atoms with Gasteiger partial charge >= 0.3 is 11.9 Å². The van der Waals surface area contributed by atoms with Crippen molar-refractivity contribution in [3.63, 3.8) is 0 Å². The van der Waals surface area contributed by atoms with E-state index < -0.39 is 11.9 Å². The van der Waals surface area contributed by atoms with Gasteiger partial charge in [-0.2, -0.15) is 0 Å². The lowest BCUT2D eigenvalue weighted by Gasteiger charge is -2.21. The highest BCUT2D eigenvalue weighted by Crippen LogP contribution is 2.27. The van der Waals surface area contributed by atoms with Gasteiger partial charge in [-0.3, -0.25) is 9.59 Å². The Balaban J connectivity index is 3.97. The van der Waals surface area contributed by atoms with Crippen LogP contribution in [-0.2, 0) is 9.59 Å². The third-order valence-electron chi connectivity index (χ3n) is 10.0. The van der Waals surface area contributed by atoms with Gasteiger partial charge in [0.2, 0.25) is 0 Å². The zero-order valence-corrected chi connectivity index (χ0v) is 30.7. The number of hydrogen-bond donors (Lipinski definition) is 4. The number of carboxylic acid groups (broad SMARTS) is 2. The maximum absolute atomic E-state index is 11.9. The lowest BCUT2D eigenvalue weighted by Crippen LogP contribution is -2.21. The molecule has 0 bridgehead atoms. The molecular formula is C40H78O6. The molecule has 0 aliphatic rings. The Morgan fingerprint density at radius 1 is 0.413 bits per heavy atom. The molecule has 0 aliphatic carbocycles. The van der Waals surface area contributed by atoms with Crippen LogP contribution in [0.15, 0.2) is 0 Å². The van der Waals surface area contributed by atoms with Crippen molar-refractivity contribution in [1.82, 2.24) is 0 Å². The Labute approximate surface area is 284 Å². The number of hydrogen-bond acceptors (Lipinski definition) is 4. The van der Waals surface area contributed by atoms with Crippen LogP contribution in [0, 0.1) is 17.8 Å². The number of aliphatic hydroxyl groups is 2. The van der Waals surface area contributed by atoms with Gasteiger partial charge in [0.1, 0.15) is 0 Å². The topological polar surface area (TPSA) is 115 Å². The van der Waals surface area contributed by atoms with Crippen LogP contribution in [0.1, 0.15) is 213 Å². The number of unbranched alkanes of at least 4 members (excludes halogenated alkanes) is 18. The number of aliphatic hydroxyl groups excluding tert-OH is 2. The van der Waals surface area contributed by atoms with Crippen LogP contribution in [0.3, 0.4) is 0 Å². The number of carbonyl (C=O) groups is 2. The molecule has 4 atom stereocenters. The van der Waals surface area contributed by atoms with Gasteiger partial charge in [0.05, 0.1) is 24.0 Å². The fraction of sp³-hybridized carbons (Fsp3) is 0.950. The molecule has 0 saturated carbocycles. The lowest BCUT2D eigenvalue weighted by atomic mass is 9.84. The zero-order chi connectivity index (χ0) is 34.3.